The van der Waals surface area contributed by atoms with Gasteiger partial charge in [0.1, 0.15) is 5.75 Å². The van der Waals surface area contributed by atoms with Crippen molar-refractivity contribution in [2.24, 2.45) is 0 Å². The second kappa shape index (κ2) is 9.39. The van der Waals surface area contributed by atoms with Crippen molar-refractivity contribution >= 4 is 23.5 Å². The number of nitrogens with one attached hydrogen (secondary N) is 1. The molecule has 6 nitrogen and oxygen atoms in total. The van der Waals surface area contributed by atoms with Gasteiger partial charge in [-0.05, 0) is 54.8 Å². The number of hydrogen-bond acceptors (Lipinski definition) is 4. The minimum absolute atomic E-state index is 0.255. The van der Waals surface area contributed by atoms with Gasteiger partial charge in [0.25, 0.3) is 5.91 Å². The quantitative estimate of drug-likeness (QED) is 0.719. The van der Waals surface area contributed by atoms with E-state index in [9.17, 15) is 9.59 Å². The Bertz CT molecular complexity index is 814. The van der Waals surface area contributed by atoms with Crippen molar-refractivity contribution in [3.05, 3.63) is 63.7 Å². The molecule has 0 saturated carbocycles. The van der Waals surface area contributed by atoms with Gasteiger partial charge in [0, 0.05) is 24.2 Å². The van der Waals surface area contributed by atoms with E-state index >= 15 is 0 Å². The molecular weight excluding hydrogens is 370 g/mol. The van der Waals surface area contributed by atoms with Gasteiger partial charge in [-0.15, -0.1) is 0 Å². The topological polar surface area (TPSA) is 84.9 Å². The predicted molar refractivity (Wildman–Crippen MR) is 103 cm³/mol. The van der Waals surface area contributed by atoms with Gasteiger partial charge in [-0.1, -0.05) is 23.7 Å². The molecule has 0 aliphatic heterocycles. The van der Waals surface area contributed by atoms with E-state index in [2.05, 4.69) is 5.32 Å². The van der Waals surface area contributed by atoms with Crippen LogP contribution in [0.4, 0.5) is 0 Å². The Morgan fingerprint density at radius 3 is 2.41 bits per heavy atom. The number of amides is 1. The first-order valence-electron chi connectivity index (χ1n) is 8.34. The third kappa shape index (κ3) is 5.70. The van der Waals surface area contributed by atoms with E-state index in [1.54, 1.807) is 45.2 Å². The number of methoxy groups -OCH3 is 1. The summed E-state index contributed by atoms with van der Waals surface area (Å²) in [5.41, 5.74) is 2.72. The number of carboxylic acid groups (broad SMARTS) is 1. The second-order valence-corrected chi connectivity index (χ2v) is 6.55. The van der Waals surface area contributed by atoms with E-state index in [1.165, 1.54) is 0 Å². The van der Waals surface area contributed by atoms with E-state index in [1.807, 2.05) is 12.1 Å². The Morgan fingerprint density at radius 2 is 1.85 bits per heavy atom. The molecule has 27 heavy (non-hydrogen) atoms. The highest BCUT2D eigenvalue weighted by atomic mass is 35.5. The highest BCUT2D eigenvalue weighted by Gasteiger charge is 2.16. The molecule has 0 aromatic heterocycles. The molecule has 1 amide bonds. The van der Waals surface area contributed by atoms with Crippen LogP contribution in [-0.4, -0.2) is 37.2 Å². The molecule has 1 unspecified atom stereocenters. The molecule has 0 bridgehead atoms. The normalized spacial score (nSPS) is 11.7. The molecular formula is C20H22ClNO5. The predicted octanol–water partition coefficient (Wildman–Crippen LogP) is 3.54. The van der Waals surface area contributed by atoms with Crippen molar-refractivity contribution in [1.29, 1.82) is 0 Å². The standard InChI is InChI=1S/C20H22ClNO5/c1-12-7-15(8-13(2)19(12)27-11-18(23)24)20(25)22-10-17(26-3)14-5-4-6-16(21)9-14/h4-9,17H,10-11H2,1-3H3,(H,22,25)(H,23,24). The number of benzene rings is 2. The van der Waals surface area contributed by atoms with Crippen LogP contribution in [0.3, 0.4) is 0 Å². The summed E-state index contributed by atoms with van der Waals surface area (Å²) in [6, 6.07) is 10.6. The largest absolute Gasteiger partial charge is 0.481 e. The van der Waals surface area contributed by atoms with Gasteiger partial charge in [-0.2, -0.15) is 0 Å². The van der Waals surface area contributed by atoms with Crippen molar-refractivity contribution in [3.8, 4) is 5.75 Å². The van der Waals surface area contributed by atoms with Crippen LogP contribution in [0.1, 0.15) is 33.2 Å². The van der Waals surface area contributed by atoms with E-state index < -0.39 is 12.6 Å². The van der Waals surface area contributed by atoms with Crippen LogP contribution in [0.15, 0.2) is 36.4 Å². The summed E-state index contributed by atoms with van der Waals surface area (Å²) >= 11 is 6.01. The Morgan fingerprint density at radius 1 is 1.19 bits per heavy atom. The molecule has 0 radical (unpaired) electrons. The Labute approximate surface area is 163 Å². The summed E-state index contributed by atoms with van der Waals surface area (Å²) < 4.78 is 10.7. The van der Waals surface area contributed by atoms with Gasteiger partial charge in [-0.25, -0.2) is 4.79 Å². The van der Waals surface area contributed by atoms with Crippen molar-refractivity contribution in [1.82, 2.24) is 5.32 Å². The van der Waals surface area contributed by atoms with Gasteiger partial charge in [-0.3, -0.25) is 4.79 Å². The van der Waals surface area contributed by atoms with Gasteiger partial charge in [0.05, 0.1) is 6.10 Å². The van der Waals surface area contributed by atoms with Crippen LogP contribution in [0.5, 0.6) is 5.75 Å². The number of carbonyl (C=O) groups is 2. The molecule has 0 fully saturated rings. The maximum atomic E-state index is 12.5. The molecule has 2 aromatic rings. The minimum atomic E-state index is -1.05. The summed E-state index contributed by atoms with van der Waals surface area (Å²) in [6.45, 7) is 3.39. The van der Waals surface area contributed by atoms with Crippen molar-refractivity contribution in [2.75, 3.05) is 20.3 Å². The smallest absolute Gasteiger partial charge is 0.341 e. The fraction of sp³-hybridized carbons (Fsp3) is 0.300. The molecule has 2 aromatic carbocycles. The zero-order valence-corrected chi connectivity index (χ0v) is 16.2. The number of rotatable bonds is 8. The van der Waals surface area contributed by atoms with Crippen molar-refractivity contribution < 1.29 is 24.2 Å². The lowest BCUT2D eigenvalue weighted by Crippen LogP contribution is -2.29. The molecule has 1 atom stereocenters. The average Bonchev–Trinajstić information content (AvgIpc) is 2.61. The van der Waals surface area contributed by atoms with Crippen LogP contribution >= 0.6 is 11.6 Å². The molecule has 0 heterocycles. The number of hydrogen-bond donors (Lipinski definition) is 2. The maximum Gasteiger partial charge on any atom is 0.341 e. The number of halogens is 1. The van der Waals surface area contributed by atoms with E-state index in [0.29, 0.717) is 27.5 Å². The van der Waals surface area contributed by atoms with E-state index in [-0.39, 0.29) is 18.6 Å². The molecule has 0 spiro atoms. The average molecular weight is 392 g/mol. The number of aryl methyl sites for hydroxylation is 2. The molecule has 0 aliphatic rings. The fourth-order valence-corrected chi connectivity index (χ4v) is 2.97. The summed E-state index contributed by atoms with van der Waals surface area (Å²) in [6.07, 6.45) is -0.326. The Kier molecular flexibility index (Phi) is 7.21. The summed E-state index contributed by atoms with van der Waals surface area (Å²) in [5, 5.41) is 12.2. The SMILES string of the molecule is COC(CNC(=O)c1cc(C)c(OCC(=O)O)c(C)c1)c1cccc(Cl)c1. The van der Waals surface area contributed by atoms with Gasteiger partial charge < -0.3 is 19.9 Å². The van der Waals surface area contributed by atoms with Crippen molar-refractivity contribution in [2.45, 2.75) is 20.0 Å². The lowest BCUT2D eigenvalue weighted by Gasteiger charge is -2.17. The summed E-state index contributed by atoms with van der Waals surface area (Å²) in [5.74, 6) is -0.833. The number of aliphatic carboxylic acids is 1. The van der Waals surface area contributed by atoms with Gasteiger partial charge in [0.15, 0.2) is 6.61 Å². The van der Waals surface area contributed by atoms with Crippen LogP contribution < -0.4 is 10.1 Å². The summed E-state index contributed by atoms with van der Waals surface area (Å²) in [7, 11) is 1.57. The molecule has 0 aliphatic carbocycles. The second-order valence-electron chi connectivity index (χ2n) is 6.11. The lowest BCUT2D eigenvalue weighted by molar-refractivity contribution is -0.139. The minimum Gasteiger partial charge on any atom is -0.481 e. The highest BCUT2D eigenvalue weighted by molar-refractivity contribution is 6.30. The van der Waals surface area contributed by atoms with Crippen LogP contribution in [0, 0.1) is 13.8 Å². The number of carboxylic acids is 1. The van der Waals surface area contributed by atoms with Crippen LogP contribution in [-0.2, 0) is 9.53 Å². The third-order valence-electron chi connectivity index (χ3n) is 4.02. The van der Waals surface area contributed by atoms with E-state index in [4.69, 9.17) is 26.2 Å². The zero-order chi connectivity index (χ0) is 20.0. The highest BCUT2D eigenvalue weighted by Crippen LogP contribution is 2.25. The monoisotopic (exact) mass is 391 g/mol. The van der Waals surface area contributed by atoms with Crippen molar-refractivity contribution in [3.63, 3.8) is 0 Å². The number of carbonyl (C=O) groups excluding carboxylic acids is 1. The van der Waals surface area contributed by atoms with E-state index in [0.717, 1.165) is 5.56 Å². The Hall–Kier alpha value is -2.57. The van der Waals surface area contributed by atoms with Crippen LogP contribution in [0.2, 0.25) is 5.02 Å². The van der Waals surface area contributed by atoms with Crippen LogP contribution in [0.25, 0.3) is 0 Å². The first kappa shape index (κ1) is 20.7. The molecule has 2 N–H and O–H groups in total. The van der Waals surface area contributed by atoms with Gasteiger partial charge in [0.2, 0.25) is 0 Å². The van der Waals surface area contributed by atoms with Gasteiger partial charge >= 0.3 is 5.97 Å². The molecule has 2 rings (SSSR count). The summed E-state index contributed by atoms with van der Waals surface area (Å²) in [4.78, 5) is 23.2. The molecule has 0 saturated heterocycles. The zero-order valence-electron chi connectivity index (χ0n) is 15.4. The Balaban J connectivity index is 2.08. The third-order valence-corrected chi connectivity index (χ3v) is 4.25. The lowest BCUT2D eigenvalue weighted by atomic mass is 10.0. The molecule has 7 heteroatoms. The first-order chi connectivity index (χ1) is 12.8. The fourth-order valence-electron chi connectivity index (χ4n) is 2.77. The molecule has 144 valence electrons. The number of ether oxygens (including phenoxy) is 2. The first-order valence-corrected chi connectivity index (χ1v) is 8.72. The maximum absolute atomic E-state index is 12.5.